The number of carbonyl (C=O) groups is 1. The lowest BCUT2D eigenvalue weighted by molar-refractivity contribution is -0.136. The summed E-state index contributed by atoms with van der Waals surface area (Å²) in [6.45, 7) is 3.91. The Balaban J connectivity index is 2.52. The Morgan fingerprint density at radius 1 is 1.44 bits per heavy atom. The summed E-state index contributed by atoms with van der Waals surface area (Å²) in [7, 11) is 0. The van der Waals surface area contributed by atoms with Crippen LogP contribution < -0.4 is 0 Å². The third-order valence-electron chi connectivity index (χ3n) is 2.43. The van der Waals surface area contributed by atoms with Crippen LogP contribution >= 0.6 is 0 Å². The van der Waals surface area contributed by atoms with Crippen LogP contribution in [-0.2, 0) is 17.6 Å². The maximum absolute atomic E-state index is 10.6. The molecule has 2 heterocycles. The van der Waals surface area contributed by atoms with Crippen LogP contribution in [0.15, 0.2) is 12.3 Å². The average molecular weight is 219 g/mol. The van der Waals surface area contributed by atoms with E-state index in [1.165, 1.54) is 0 Å². The minimum atomic E-state index is -0.871. The number of imidazole rings is 1. The van der Waals surface area contributed by atoms with Crippen LogP contribution in [0.4, 0.5) is 0 Å². The third-order valence-corrected chi connectivity index (χ3v) is 2.43. The van der Waals surface area contributed by atoms with Crippen molar-refractivity contribution in [1.29, 1.82) is 0 Å². The molecule has 0 radical (unpaired) electrons. The highest BCUT2D eigenvalue weighted by atomic mass is 16.4. The van der Waals surface area contributed by atoms with E-state index in [1.807, 2.05) is 24.3 Å². The molecule has 0 aliphatic carbocycles. The lowest BCUT2D eigenvalue weighted by atomic mass is 10.3. The van der Waals surface area contributed by atoms with E-state index in [0.29, 0.717) is 5.69 Å². The van der Waals surface area contributed by atoms with Crippen molar-refractivity contribution in [2.45, 2.75) is 26.7 Å². The molecule has 2 rings (SSSR count). The number of aliphatic carboxylic acids is 1. The topological polar surface area (TPSA) is 67.5 Å². The van der Waals surface area contributed by atoms with Gasteiger partial charge in [0.1, 0.15) is 11.5 Å². The Bertz CT molecular complexity index is 545. The van der Waals surface area contributed by atoms with Gasteiger partial charge in [-0.15, -0.1) is 0 Å². The van der Waals surface area contributed by atoms with Crippen molar-refractivity contribution in [3.63, 3.8) is 0 Å². The molecule has 16 heavy (non-hydrogen) atoms. The number of nitrogens with zero attached hydrogens (tertiary/aromatic N) is 3. The Morgan fingerprint density at radius 3 is 2.81 bits per heavy atom. The highest BCUT2D eigenvalue weighted by Crippen LogP contribution is 2.10. The summed E-state index contributed by atoms with van der Waals surface area (Å²) < 4.78 is 1.82. The first-order chi connectivity index (χ1) is 7.60. The molecule has 5 nitrogen and oxygen atoms in total. The lowest BCUT2D eigenvalue weighted by Gasteiger charge is -2.01. The van der Waals surface area contributed by atoms with Gasteiger partial charge in [-0.1, -0.05) is 6.92 Å². The number of hydrogen-bond donors (Lipinski definition) is 1. The fourth-order valence-electron chi connectivity index (χ4n) is 1.67. The first kappa shape index (κ1) is 10.6. The Morgan fingerprint density at radius 2 is 2.19 bits per heavy atom. The van der Waals surface area contributed by atoms with Gasteiger partial charge in [-0.2, -0.15) is 0 Å². The number of rotatable bonds is 3. The van der Waals surface area contributed by atoms with Crippen molar-refractivity contribution in [1.82, 2.24) is 14.4 Å². The summed E-state index contributed by atoms with van der Waals surface area (Å²) in [5.41, 5.74) is 2.30. The number of carboxylic acids is 1. The zero-order chi connectivity index (χ0) is 11.7. The molecule has 2 aromatic rings. The van der Waals surface area contributed by atoms with Crippen molar-refractivity contribution in [2.75, 3.05) is 0 Å². The van der Waals surface area contributed by atoms with Crippen LogP contribution in [0.5, 0.6) is 0 Å². The van der Waals surface area contributed by atoms with E-state index in [1.54, 1.807) is 6.20 Å². The molecule has 0 unspecified atom stereocenters. The molecule has 0 bridgehead atoms. The predicted octanol–water partition coefficient (Wildman–Crippen LogP) is 1.23. The second kappa shape index (κ2) is 3.92. The average Bonchev–Trinajstić information content (AvgIpc) is 2.59. The molecule has 0 atom stereocenters. The van der Waals surface area contributed by atoms with E-state index in [0.717, 1.165) is 23.6 Å². The standard InChI is InChI=1S/C11H13N3O2/c1-3-8-4-10-13-9(5-11(15)16)6-14(10)7(2)12-8/h4,6H,3,5H2,1-2H3,(H,15,16). The van der Waals surface area contributed by atoms with Gasteiger partial charge in [0.2, 0.25) is 0 Å². The van der Waals surface area contributed by atoms with Gasteiger partial charge in [0.05, 0.1) is 12.1 Å². The van der Waals surface area contributed by atoms with Gasteiger partial charge in [-0.3, -0.25) is 9.20 Å². The van der Waals surface area contributed by atoms with E-state index in [4.69, 9.17) is 5.11 Å². The maximum Gasteiger partial charge on any atom is 0.309 e. The van der Waals surface area contributed by atoms with E-state index in [-0.39, 0.29) is 6.42 Å². The van der Waals surface area contributed by atoms with E-state index < -0.39 is 5.97 Å². The third kappa shape index (κ3) is 1.88. The van der Waals surface area contributed by atoms with Crippen LogP contribution in [0.2, 0.25) is 0 Å². The normalized spacial score (nSPS) is 10.9. The second-order valence-corrected chi connectivity index (χ2v) is 3.68. The number of aryl methyl sites for hydroxylation is 2. The molecule has 0 aliphatic rings. The molecule has 84 valence electrons. The van der Waals surface area contributed by atoms with Crippen molar-refractivity contribution in [2.24, 2.45) is 0 Å². The van der Waals surface area contributed by atoms with E-state index >= 15 is 0 Å². The van der Waals surface area contributed by atoms with Crippen molar-refractivity contribution < 1.29 is 9.90 Å². The van der Waals surface area contributed by atoms with Gasteiger partial charge in [0, 0.05) is 18.0 Å². The van der Waals surface area contributed by atoms with Crippen LogP contribution in [0, 0.1) is 6.92 Å². The molecule has 5 heteroatoms. The molecule has 2 aromatic heterocycles. The lowest BCUT2D eigenvalue weighted by Crippen LogP contribution is -1.99. The maximum atomic E-state index is 10.6. The van der Waals surface area contributed by atoms with E-state index in [9.17, 15) is 4.79 Å². The first-order valence-electron chi connectivity index (χ1n) is 5.16. The Hall–Kier alpha value is -1.91. The predicted molar refractivity (Wildman–Crippen MR) is 58.4 cm³/mol. The van der Waals surface area contributed by atoms with Gasteiger partial charge in [-0.05, 0) is 13.3 Å². The number of hydrogen-bond acceptors (Lipinski definition) is 3. The van der Waals surface area contributed by atoms with Gasteiger partial charge in [-0.25, -0.2) is 9.97 Å². The summed E-state index contributed by atoms with van der Waals surface area (Å²) in [6.07, 6.45) is 2.52. The van der Waals surface area contributed by atoms with Crippen LogP contribution in [0.25, 0.3) is 5.65 Å². The first-order valence-corrected chi connectivity index (χ1v) is 5.16. The number of aromatic nitrogens is 3. The Labute approximate surface area is 92.8 Å². The molecule has 0 saturated heterocycles. The summed E-state index contributed by atoms with van der Waals surface area (Å²) in [4.78, 5) is 19.2. The molecular weight excluding hydrogens is 206 g/mol. The quantitative estimate of drug-likeness (QED) is 0.843. The van der Waals surface area contributed by atoms with E-state index in [2.05, 4.69) is 9.97 Å². The molecule has 0 fully saturated rings. The van der Waals surface area contributed by atoms with Gasteiger partial charge in [0.25, 0.3) is 0 Å². The number of carboxylic acid groups (broad SMARTS) is 1. The molecule has 0 aliphatic heterocycles. The number of fused-ring (bicyclic) bond motifs is 1. The molecule has 0 saturated carbocycles. The second-order valence-electron chi connectivity index (χ2n) is 3.68. The smallest absolute Gasteiger partial charge is 0.309 e. The summed E-state index contributed by atoms with van der Waals surface area (Å²) in [6, 6.07) is 1.89. The fourth-order valence-corrected chi connectivity index (χ4v) is 1.67. The van der Waals surface area contributed by atoms with Gasteiger partial charge in [0.15, 0.2) is 0 Å². The van der Waals surface area contributed by atoms with Crippen LogP contribution in [0.1, 0.15) is 24.1 Å². The van der Waals surface area contributed by atoms with Gasteiger partial charge >= 0.3 is 5.97 Å². The SMILES string of the molecule is CCc1cc2nc(CC(=O)O)cn2c(C)n1. The molecule has 0 aromatic carbocycles. The van der Waals surface area contributed by atoms with Crippen LogP contribution in [-0.4, -0.2) is 25.4 Å². The fraction of sp³-hybridized carbons (Fsp3) is 0.364. The molecule has 1 N–H and O–H groups in total. The van der Waals surface area contributed by atoms with Crippen molar-refractivity contribution in [3.8, 4) is 0 Å². The monoisotopic (exact) mass is 219 g/mol. The minimum absolute atomic E-state index is 0.0530. The Kier molecular flexibility index (Phi) is 2.60. The molecule has 0 spiro atoms. The van der Waals surface area contributed by atoms with Crippen LogP contribution in [0.3, 0.4) is 0 Å². The summed E-state index contributed by atoms with van der Waals surface area (Å²) >= 11 is 0. The largest absolute Gasteiger partial charge is 0.481 e. The summed E-state index contributed by atoms with van der Waals surface area (Å²) in [5, 5.41) is 8.70. The highest BCUT2D eigenvalue weighted by molar-refractivity contribution is 5.69. The highest BCUT2D eigenvalue weighted by Gasteiger charge is 2.08. The molecule has 0 amide bonds. The zero-order valence-corrected chi connectivity index (χ0v) is 9.27. The minimum Gasteiger partial charge on any atom is -0.481 e. The van der Waals surface area contributed by atoms with Gasteiger partial charge < -0.3 is 5.11 Å². The zero-order valence-electron chi connectivity index (χ0n) is 9.27. The molecular formula is C11H13N3O2. The summed E-state index contributed by atoms with van der Waals surface area (Å²) in [5.74, 6) is -0.0387. The van der Waals surface area contributed by atoms with Crippen molar-refractivity contribution >= 4 is 11.6 Å². The van der Waals surface area contributed by atoms with Crippen molar-refractivity contribution in [3.05, 3.63) is 29.5 Å².